The number of carbonyl (C=O) groups excluding carboxylic acids is 4. The SMILES string of the molecule is CCCCCC(O)C(CCCCCCCCCCC(=O)OCCCCCCCCCCOC(=O)CCCCCCCCCCC(O)C(CCCCC)OC(=O)[C@@H](N)C(=O)O)OC(=O)CC[C@H](N)CCC(=O)O. The molecule has 0 spiro atoms. The number of aliphatic carboxylic acids is 2. The van der Waals surface area contributed by atoms with E-state index < -0.39 is 54.3 Å². The second kappa shape index (κ2) is 48.6. The lowest BCUT2D eigenvalue weighted by Gasteiger charge is -2.24. The average Bonchev–Trinajstić information content (AvgIpc) is 3.35. The molecular weight excluding hydrogens is 925 g/mol. The zero-order valence-electron chi connectivity index (χ0n) is 45.2. The zero-order valence-corrected chi connectivity index (χ0v) is 45.2. The van der Waals surface area contributed by atoms with Crippen molar-refractivity contribution in [2.75, 3.05) is 13.2 Å². The number of carbonyl (C=O) groups is 6. The molecule has 0 saturated carbocycles. The number of carboxylic acids is 2. The van der Waals surface area contributed by atoms with Crippen molar-refractivity contribution in [3.05, 3.63) is 0 Å². The second-order valence-corrected chi connectivity index (χ2v) is 20.2. The highest BCUT2D eigenvalue weighted by Gasteiger charge is 2.29. The summed E-state index contributed by atoms with van der Waals surface area (Å²) in [4.78, 5) is 70.7. The van der Waals surface area contributed by atoms with Gasteiger partial charge in [-0.2, -0.15) is 0 Å². The van der Waals surface area contributed by atoms with Crippen LogP contribution in [0.25, 0.3) is 0 Å². The van der Waals surface area contributed by atoms with Gasteiger partial charge in [0.15, 0.2) is 0 Å². The molecule has 0 rings (SSSR count). The third-order valence-corrected chi connectivity index (χ3v) is 13.4. The van der Waals surface area contributed by atoms with Crippen LogP contribution in [-0.2, 0) is 47.7 Å². The predicted octanol–water partition coefficient (Wildman–Crippen LogP) is 11.1. The van der Waals surface area contributed by atoms with E-state index in [0.717, 1.165) is 193 Å². The van der Waals surface area contributed by atoms with Crippen LogP contribution in [0.2, 0.25) is 0 Å². The summed E-state index contributed by atoms with van der Waals surface area (Å²) in [5.41, 5.74) is 11.3. The number of unbranched alkanes of at least 4 members (excludes halogenated alkanes) is 25. The van der Waals surface area contributed by atoms with E-state index in [0.29, 0.717) is 64.6 Å². The Morgan fingerprint density at radius 1 is 0.389 bits per heavy atom. The Morgan fingerprint density at radius 2 is 0.736 bits per heavy atom. The van der Waals surface area contributed by atoms with Crippen LogP contribution in [0.15, 0.2) is 0 Å². The van der Waals surface area contributed by atoms with Crippen LogP contribution in [0.4, 0.5) is 0 Å². The molecule has 0 aromatic heterocycles. The van der Waals surface area contributed by atoms with Crippen molar-refractivity contribution in [1.82, 2.24) is 0 Å². The number of aliphatic hydroxyl groups is 2. The van der Waals surface area contributed by atoms with E-state index in [4.69, 9.17) is 40.6 Å². The lowest BCUT2D eigenvalue weighted by atomic mass is 9.99. The van der Waals surface area contributed by atoms with Gasteiger partial charge < -0.3 is 50.8 Å². The number of rotatable bonds is 53. The van der Waals surface area contributed by atoms with Crippen LogP contribution < -0.4 is 11.5 Å². The van der Waals surface area contributed by atoms with Crippen LogP contribution >= 0.6 is 0 Å². The van der Waals surface area contributed by atoms with Crippen LogP contribution in [-0.4, -0.2) is 106 Å². The molecule has 8 N–H and O–H groups in total. The minimum atomic E-state index is -1.75. The van der Waals surface area contributed by atoms with Crippen molar-refractivity contribution < 1.29 is 68.1 Å². The molecule has 0 aromatic carbocycles. The molecule has 16 nitrogen and oxygen atoms in total. The fourth-order valence-corrected chi connectivity index (χ4v) is 8.68. The summed E-state index contributed by atoms with van der Waals surface area (Å²) in [5, 5.41) is 39.2. The van der Waals surface area contributed by atoms with E-state index in [2.05, 4.69) is 13.8 Å². The standard InChI is InChI=1S/C56H104N2O14/c1-3-5-25-33-46(59)48(71-53(65)42-40-45(57)39-41-50(61)62)36-28-20-14-8-10-16-22-30-38-52(64)70-44-32-24-18-12-11-17-23-31-43-69-51(63)37-29-21-15-9-7-13-19-27-34-47(60)49(35-26-6-4-2)72-56(68)54(58)55(66)67/h45-49,54,59-60H,3-44,57-58H2,1-2H3,(H,61,62)(H,66,67)/t45-,46?,47?,48?,49?,54+/m1/s1. The van der Waals surface area contributed by atoms with E-state index in [1.165, 1.54) is 0 Å². The summed E-state index contributed by atoms with van der Waals surface area (Å²) >= 11 is 0. The van der Waals surface area contributed by atoms with Crippen LogP contribution in [0, 0.1) is 0 Å². The molecular formula is C56H104N2O14. The van der Waals surface area contributed by atoms with Crippen molar-refractivity contribution >= 4 is 35.8 Å². The monoisotopic (exact) mass is 1030 g/mol. The fourth-order valence-electron chi connectivity index (χ4n) is 8.68. The Hall–Kier alpha value is -3.34. The molecule has 0 heterocycles. The minimum absolute atomic E-state index is 0.0288. The molecule has 4 unspecified atom stereocenters. The lowest BCUT2D eigenvalue weighted by molar-refractivity contribution is -0.163. The van der Waals surface area contributed by atoms with Crippen molar-refractivity contribution in [1.29, 1.82) is 0 Å². The molecule has 422 valence electrons. The Balaban J connectivity index is 3.76. The number of carboxylic acid groups (broad SMARTS) is 2. The number of aliphatic hydroxyl groups excluding tert-OH is 2. The van der Waals surface area contributed by atoms with Gasteiger partial charge in [-0.05, 0) is 77.0 Å². The molecule has 0 aliphatic carbocycles. The molecule has 6 atom stereocenters. The van der Waals surface area contributed by atoms with Crippen molar-refractivity contribution in [2.45, 2.75) is 307 Å². The van der Waals surface area contributed by atoms with Crippen LogP contribution in [0.3, 0.4) is 0 Å². The van der Waals surface area contributed by atoms with Crippen molar-refractivity contribution in [3.63, 3.8) is 0 Å². The molecule has 0 aliphatic heterocycles. The predicted molar refractivity (Wildman–Crippen MR) is 281 cm³/mol. The summed E-state index contributed by atoms with van der Waals surface area (Å²) in [6.07, 6.45) is 30.9. The summed E-state index contributed by atoms with van der Waals surface area (Å²) in [6, 6.07) is -2.12. The van der Waals surface area contributed by atoms with Gasteiger partial charge in [0.2, 0.25) is 6.04 Å². The van der Waals surface area contributed by atoms with Gasteiger partial charge >= 0.3 is 35.8 Å². The topological polar surface area (TPSA) is 272 Å². The summed E-state index contributed by atoms with van der Waals surface area (Å²) in [6.45, 7) is 5.12. The Kier molecular flexibility index (Phi) is 46.3. The Morgan fingerprint density at radius 3 is 1.15 bits per heavy atom. The van der Waals surface area contributed by atoms with Crippen molar-refractivity contribution in [2.24, 2.45) is 11.5 Å². The van der Waals surface area contributed by atoms with Gasteiger partial charge in [0.1, 0.15) is 12.2 Å². The first-order valence-corrected chi connectivity index (χ1v) is 28.7. The van der Waals surface area contributed by atoms with Gasteiger partial charge in [0.05, 0.1) is 25.4 Å². The molecule has 0 radical (unpaired) electrons. The maximum Gasteiger partial charge on any atom is 0.334 e. The van der Waals surface area contributed by atoms with E-state index >= 15 is 0 Å². The van der Waals surface area contributed by atoms with Gasteiger partial charge in [-0.3, -0.25) is 19.2 Å². The van der Waals surface area contributed by atoms with Gasteiger partial charge in [-0.1, -0.05) is 168 Å². The number of esters is 4. The number of nitrogens with two attached hydrogens (primary N) is 2. The fraction of sp³-hybridized carbons (Fsp3) is 0.893. The highest BCUT2D eigenvalue weighted by molar-refractivity contribution is 5.98. The average molecular weight is 1030 g/mol. The molecule has 0 amide bonds. The van der Waals surface area contributed by atoms with E-state index in [-0.39, 0.29) is 30.8 Å². The van der Waals surface area contributed by atoms with E-state index in [1.807, 2.05) is 0 Å². The zero-order chi connectivity index (χ0) is 53.5. The normalized spacial score (nSPS) is 13.9. The van der Waals surface area contributed by atoms with Crippen LogP contribution in [0.5, 0.6) is 0 Å². The van der Waals surface area contributed by atoms with E-state index in [1.54, 1.807) is 0 Å². The first-order valence-electron chi connectivity index (χ1n) is 28.7. The molecule has 0 saturated heterocycles. The first-order chi connectivity index (χ1) is 34.7. The largest absolute Gasteiger partial charge is 0.481 e. The molecule has 72 heavy (non-hydrogen) atoms. The lowest BCUT2D eigenvalue weighted by Crippen LogP contribution is -2.43. The molecule has 0 aromatic rings. The van der Waals surface area contributed by atoms with E-state index in [9.17, 15) is 39.0 Å². The summed E-state index contributed by atoms with van der Waals surface area (Å²) < 4.78 is 21.9. The maximum absolute atomic E-state index is 12.5. The Labute approximate surface area is 434 Å². The Bertz CT molecular complexity index is 1370. The third kappa shape index (κ3) is 43.1. The quantitative estimate of drug-likeness (QED) is 0.0143. The molecule has 16 heteroatoms. The number of hydrogen-bond acceptors (Lipinski definition) is 14. The smallest absolute Gasteiger partial charge is 0.334 e. The van der Waals surface area contributed by atoms with Gasteiger partial charge in [0.25, 0.3) is 0 Å². The molecule has 0 aliphatic rings. The van der Waals surface area contributed by atoms with Gasteiger partial charge in [-0.15, -0.1) is 0 Å². The second-order valence-electron chi connectivity index (χ2n) is 20.2. The maximum atomic E-state index is 12.5. The highest BCUT2D eigenvalue weighted by Crippen LogP contribution is 2.21. The van der Waals surface area contributed by atoms with Crippen molar-refractivity contribution in [3.8, 4) is 0 Å². The van der Waals surface area contributed by atoms with Gasteiger partial charge in [0, 0.05) is 31.7 Å². The highest BCUT2D eigenvalue weighted by atomic mass is 16.6. The molecule has 0 fully saturated rings. The molecule has 0 bridgehead atoms. The summed E-state index contributed by atoms with van der Waals surface area (Å²) in [7, 11) is 0. The summed E-state index contributed by atoms with van der Waals surface area (Å²) in [5.74, 6) is -4.00. The first kappa shape index (κ1) is 68.7. The number of hydrogen-bond donors (Lipinski definition) is 6. The minimum Gasteiger partial charge on any atom is -0.481 e. The van der Waals surface area contributed by atoms with Crippen LogP contribution in [0.1, 0.15) is 271 Å². The van der Waals surface area contributed by atoms with Gasteiger partial charge in [-0.25, -0.2) is 9.59 Å². The number of ether oxygens (including phenoxy) is 4. The third-order valence-electron chi connectivity index (χ3n) is 13.4.